The first-order chi connectivity index (χ1) is 8.11. The van der Waals surface area contributed by atoms with Crippen LogP contribution in [0.4, 0.5) is 0 Å². The van der Waals surface area contributed by atoms with Crippen LogP contribution in [0.2, 0.25) is 0 Å². The van der Waals surface area contributed by atoms with E-state index in [-0.39, 0.29) is 0 Å². The van der Waals surface area contributed by atoms with E-state index in [4.69, 9.17) is 0 Å². The lowest BCUT2D eigenvalue weighted by atomic mass is 10.1. The first-order valence-electron chi connectivity index (χ1n) is 5.46. The Hall–Kier alpha value is -0.250. The van der Waals surface area contributed by atoms with Gasteiger partial charge in [0, 0.05) is 14.6 Å². The van der Waals surface area contributed by atoms with E-state index in [1.807, 2.05) is 11.3 Å². The van der Waals surface area contributed by atoms with Gasteiger partial charge in [-0.25, -0.2) is 0 Å². The number of hydrogen-bond donors (Lipinski definition) is 0. The average Bonchev–Trinajstić information content (AvgIpc) is 2.68. The molecule has 0 saturated carbocycles. The van der Waals surface area contributed by atoms with Gasteiger partial charge in [-0.2, -0.15) is 0 Å². The van der Waals surface area contributed by atoms with Crippen LogP contribution in [0.15, 0.2) is 35.2 Å². The van der Waals surface area contributed by atoms with Gasteiger partial charge in [-0.1, -0.05) is 28.1 Å². The van der Waals surface area contributed by atoms with Crippen molar-refractivity contribution < 1.29 is 0 Å². The summed E-state index contributed by atoms with van der Waals surface area (Å²) in [6, 6.07) is 11.0. The summed E-state index contributed by atoms with van der Waals surface area (Å²) in [6.07, 6.45) is 2.10. The molecule has 1 aromatic heterocycles. The Balaban J connectivity index is 2.30. The minimum absolute atomic E-state index is 0.317. The smallest absolute Gasteiger partial charge is 0.0740 e. The maximum Gasteiger partial charge on any atom is 0.0740 e. The summed E-state index contributed by atoms with van der Waals surface area (Å²) in [5.41, 5.74) is 2.70. The molecule has 0 amide bonds. The zero-order chi connectivity index (χ0) is 12.4. The number of halogens is 1. The molecule has 1 heterocycles. The SMILES string of the molecule is CSc1ccc(C(Br)c2sc(C)cc2C)cc1. The van der Waals surface area contributed by atoms with Crippen molar-refractivity contribution in [2.45, 2.75) is 23.6 Å². The molecule has 2 rings (SSSR count). The largest absolute Gasteiger partial charge is 0.144 e. The van der Waals surface area contributed by atoms with E-state index in [0.717, 1.165) is 0 Å². The summed E-state index contributed by atoms with van der Waals surface area (Å²) in [7, 11) is 0. The van der Waals surface area contributed by atoms with Crippen molar-refractivity contribution in [3.63, 3.8) is 0 Å². The number of aryl methyl sites for hydroxylation is 2. The molecule has 1 atom stereocenters. The number of thiophene rings is 1. The van der Waals surface area contributed by atoms with E-state index in [1.54, 1.807) is 11.8 Å². The maximum atomic E-state index is 3.81. The molecule has 0 aliphatic carbocycles. The monoisotopic (exact) mass is 326 g/mol. The summed E-state index contributed by atoms with van der Waals surface area (Å²) in [6.45, 7) is 4.35. The third-order valence-corrected chi connectivity index (χ3v) is 5.97. The molecule has 0 bridgehead atoms. The quantitative estimate of drug-likeness (QED) is 0.524. The average molecular weight is 327 g/mol. The fourth-order valence-electron chi connectivity index (χ4n) is 1.84. The molecule has 0 aliphatic rings. The highest BCUT2D eigenvalue weighted by molar-refractivity contribution is 9.09. The van der Waals surface area contributed by atoms with Crippen LogP contribution in [0.25, 0.3) is 0 Å². The van der Waals surface area contributed by atoms with Gasteiger partial charge in [0.1, 0.15) is 0 Å². The zero-order valence-electron chi connectivity index (χ0n) is 10.2. The number of hydrogen-bond acceptors (Lipinski definition) is 2. The molecule has 2 aromatic rings. The Bertz CT molecular complexity index is 499. The second kappa shape index (κ2) is 5.59. The predicted octanol–water partition coefficient (Wildman–Crippen LogP) is 5.57. The molecule has 0 radical (unpaired) electrons. The number of benzene rings is 1. The van der Waals surface area contributed by atoms with Crippen LogP contribution in [-0.2, 0) is 0 Å². The van der Waals surface area contributed by atoms with E-state index < -0.39 is 0 Å². The van der Waals surface area contributed by atoms with E-state index >= 15 is 0 Å². The molecule has 1 unspecified atom stereocenters. The summed E-state index contributed by atoms with van der Waals surface area (Å²) in [4.78, 5) is 4.42. The molecule has 0 saturated heterocycles. The lowest BCUT2D eigenvalue weighted by Gasteiger charge is -2.10. The van der Waals surface area contributed by atoms with Gasteiger partial charge < -0.3 is 0 Å². The van der Waals surface area contributed by atoms with Crippen molar-refractivity contribution in [3.05, 3.63) is 51.2 Å². The number of rotatable bonds is 3. The topological polar surface area (TPSA) is 0 Å². The second-order valence-electron chi connectivity index (χ2n) is 4.04. The lowest BCUT2D eigenvalue weighted by Crippen LogP contribution is -1.91. The molecule has 0 aliphatic heterocycles. The molecule has 0 nitrogen and oxygen atoms in total. The first-order valence-corrected chi connectivity index (χ1v) is 8.42. The standard InChI is InChI=1S/C14H15BrS2/c1-9-8-10(2)17-14(9)13(15)11-4-6-12(16-3)7-5-11/h4-8,13H,1-3H3. The van der Waals surface area contributed by atoms with Gasteiger partial charge in [-0.05, 0) is 49.4 Å². The van der Waals surface area contributed by atoms with E-state index in [9.17, 15) is 0 Å². The van der Waals surface area contributed by atoms with Crippen molar-refractivity contribution in [1.82, 2.24) is 0 Å². The van der Waals surface area contributed by atoms with Crippen molar-refractivity contribution in [2.75, 3.05) is 6.26 Å². The minimum Gasteiger partial charge on any atom is -0.144 e. The minimum atomic E-state index is 0.317. The number of alkyl halides is 1. The Morgan fingerprint density at radius 2 is 1.82 bits per heavy atom. The second-order valence-corrected chi connectivity index (χ2v) is 7.12. The summed E-state index contributed by atoms with van der Waals surface area (Å²) in [5, 5.41) is 0. The van der Waals surface area contributed by atoms with Crippen LogP contribution in [0.1, 0.15) is 25.7 Å². The van der Waals surface area contributed by atoms with Crippen LogP contribution < -0.4 is 0 Å². The fraction of sp³-hybridized carbons (Fsp3) is 0.286. The highest BCUT2D eigenvalue weighted by Crippen LogP contribution is 2.38. The third-order valence-electron chi connectivity index (χ3n) is 2.72. The Morgan fingerprint density at radius 1 is 1.18 bits per heavy atom. The third kappa shape index (κ3) is 2.95. The van der Waals surface area contributed by atoms with E-state index in [2.05, 4.69) is 66.4 Å². The van der Waals surface area contributed by atoms with Crippen LogP contribution >= 0.6 is 39.0 Å². The Kier molecular flexibility index (Phi) is 4.34. The highest BCUT2D eigenvalue weighted by atomic mass is 79.9. The van der Waals surface area contributed by atoms with Crippen LogP contribution in [0.3, 0.4) is 0 Å². The highest BCUT2D eigenvalue weighted by Gasteiger charge is 2.15. The van der Waals surface area contributed by atoms with Gasteiger partial charge in [0.2, 0.25) is 0 Å². The van der Waals surface area contributed by atoms with Gasteiger partial charge in [0.25, 0.3) is 0 Å². The maximum absolute atomic E-state index is 3.81. The van der Waals surface area contributed by atoms with Crippen molar-refractivity contribution in [2.24, 2.45) is 0 Å². The van der Waals surface area contributed by atoms with E-state index in [0.29, 0.717) is 4.83 Å². The Morgan fingerprint density at radius 3 is 2.29 bits per heavy atom. The van der Waals surface area contributed by atoms with Gasteiger partial charge in [0.15, 0.2) is 0 Å². The summed E-state index contributed by atoms with van der Waals surface area (Å²) >= 11 is 7.46. The molecular formula is C14H15BrS2. The van der Waals surface area contributed by atoms with Crippen LogP contribution in [0.5, 0.6) is 0 Å². The normalized spacial score (nSPS) is 12.7. The molecule has 0 spiro atoms. The van der Waals surface area contributed by atoms with Crippen LogP contribution in [-0.4, -0.2) is 6.26 Å². The first kappa shape index (κ1) is 13.2. The van der Waals surface area contributed by atoms with Crippen molar-refractivity contribution >= 4 is 39.0 Å². The van der Waals surface area contributed by atoms with E-state index in [1.165, 1.54) is 25.8 Å². The fourth-order valence-corrected chi connectivity index (χ4v) is 4.23. The number of thioether (sulfide) groups is 1. The molecule has 17 heavy (non-hydrogen) atoms. The molecule has 0 fully saturated rings. The molecule has 3 heteroatoms. The van der Waals surface area contributed by atoms with Gasteiger partial charge >= 0.3 is 0 Å². The van der Waals surface area contributed by atoms with Gasteiger partial charge in [-0.3, -0.25) is 0 Å². The summed E-state index contributed by atoms with van der Waals surface area (Å²) in [5.74, 6) is 0. The van der Waals surface area contributed by atoms with Gasteiger partial charge in [-0.15, -0.1) is 23.1 Å². The Labute approximate surface area is 120 Å². The van der Waals surface area contributed by atoms with Gasteiger partial charge in [0.05, 0.1) is 4.83 Å². The predicted molar refractivity (Wildman–Crippen MR) is 82.8 cm³/mol. The molecular weight excluding hydrogens is 312 g/mol. The van der Waals surface area contributed by atoms with Crippen molar-refractivity contribution in [3.8, 4) is 0 Å². The molecule has 1 aromatic carbocycles. The summed E-state index contributed by atoms with van der Waals surface area (Å²) < 4.78 is 0. The van der Waals surface area contributed by atoms with Crippen LogP contribution in [0, 0.1) is 13.8 Å². The van der Waals surface area contributed by atoms with Crippen molar-refractivity contribution in [1.29, 1.82) is 0 Å². The zero-order valence-corrected chi connectivity index (χ0v) is 13.4. The lowest BCUT2D eigenvalue weighted by molar-refractivity contribution is 1.18. The molecule has 90 valence electrons. The molecule has 0 N–H and O–H groups in total.